The molecule has 1 atom stereocenters. The summed E-state index contributed by atoms with van der Waals surface area (Å²) >= 11 is 6.26. The first-order valence-corrected chi connectivity index (χ1v) is 14.9. The van der Waals surface area contributed by atoms with Crippen LogP contribution < -0.4 is 14.4 Å². The number of hydrogen-bond acceptors (Lipinski definition) is 5. The Morgan fingerprint density at radius 1 is 1.02 bits per heavy atom. The fourth-order valence-corrected chi connectivity index (χ4v) is 5.78. The van der Waals surface area contributed by atoms with E-state index in [0.717, 1.165) is 28.3 Å². The van der Waals surface area contributed by atoms with Gasteiger partial charge in [0.25, 0.3) is 10.0 Å². The number of carbonyl (C=O) groups excluding carboxylic acids is 2. The summed E-state index contributed by atoms with van der Waals surface area (Å²) in [6.45, 7) is 5.63. The largest absolute Gasteiger partial charge is 0.495 e. The maximum absolute atomic E-state index is 14.0. The molecule has 0 aliphatic rings. The van der Waals surface area contributed by atoms with Gasteiger partial charge in [-0.3, -0.25) is 13.9 Å². The molecule has 0 aliphatic heterocycles. The number of anilines is 1. The molecule has 0 spiro atoms. The first kappa shape index (κ1) is 31.0. The number of carbonyl (C=O) groups is 2. The first-order valence-electron chi connectivity index (χ1n) is 13.1. The molecule has 40 heavy (non-hydrogen) atoms. The number of nitrogens with zero attached hydrogens (tertiary/aromatic N) is 2. The van der Waals surface area contributed by atoms with Crippen LogP contribution in [0.4, 0.5) is 5.69 Å². The van der Waals surface area contributed by atoms with E-state index in [1.165, 1.54) is 30.2 Å². The minimum atomic E-state index is -4.23. The second-order valence-corrected chi connectivity index (χ2v) is 11.7. The zero-order valence-corrected chi connectivity index (χ0v) is 24.8. The Hall–Kier alpha value is -3.56. The predicted octanol–water partition coefficient (Wildman–Crippen LogP) is 5.19. The van der Waals surface area contributed by atoms with Crippen molar-refractivity contribution in [3.05, 3.63) is 88.9 Å². The Balaban J connectivity index is 2.07. The highest BCUT2D eigenvalue weighted by atomic mass is 35.5. The van der Waals surface area contributed by atoms with Crippen LogP contribution in [0.1, 0.15) is 37.8 Å². The van der Waals surface area contributed by atoms with Gasteiger partial charge in [0.15, 0.2) is 0 Å². The summed E-state index contributed by atoms with van der Waals surface area (Å²) in [6.07, 6.45) is 1.72. The monoisotopic (exact) mass is 585 g/mol. The van der Waals surface area contributed by atoms with E-state index in [0.29, 0.717) is 6.54 Å². The minimum absolute atomic E-state index is 0.000592. The molecule has 3 rings (SSSR count). The number of hydrogen-bond donors (Lipinski definition) is 1. The second kappa shape index (κ2) is 14.2. The Labute approximate surface area is 241 Å². The zero-order valence-electron chi connectivity index (χ0n) is 23.3. The second-order valence-electron chi connectivity index (χ2n) is 9.41. The topological polar surface area (TPSA) is 96.0 Å². The van der Waals surface area contributed by atoms with Gasteiger partial charge in [0.2, 0.25) is 11.8 Å². The lowest BCUT2D eigenvalue weighted by Crippen LogP contribution is -2.51. The van der Waals surface area contributed by atoms with Crippen LogP contribution in [0.5, 0.6) is 5.75 Å². The van der Waals surface area contributed by atoms with E-state index in [-0.39, 0.29) is 33.8 Å². The Kier molecular flexibility index (Phi) is 11.0. The average Bonchev–Trinajstić information content (AvgIpc) is 2.95. The van der Waals surface area contributed by atoms with Crippen LogP contribution in [-0.2, 0) is 26.2 Å². The molecule has 0 bridgehead atoms. The summed E-state index contributed by atoms with van der Waals surface area (Å²) in [7, 11) is -2.82. The minimum Gasteiger partial charge on any atom is -0.495 e. The summed E-state index contributed by atoms with van der Waals surface area (Å²) in [4.78, 5) is 28.5. The molecule has 0 aromatic heterocycles. The number of methoxy groups -OCH3 is 1. The highest BCUT2D eigenvalue weighted by Crippen LogP contribution is 2.35. The first-order chi connectivity index (χ1) is 19.1. The van der Waals surface area contributed by atoms with Gasteiger partial charge in [-0.1, -0.05) is 67.4 Å². The average molecular weight is 586 g/mol. The van der Waals surface area contributed by atoms with Crippen molar-refractivity contribution in [1.82, 2.24) is 10.2 Å². The van der Waals surface area contributed by atoms with E-state index in [4.69, 9.17) is 16.3 Å². The normalized spacial score (nSPS) is 11.9. The number of rotatable bonds is 13. The van der Waals surface area contributed by atoms with Crippen LogP contribution in [0.3, 0.4) is 0 Å². The number of halogens is 1. The van der Waals surface area contributed by atoms with Crippen molar-refractivity contribution in [2.24, 2.45) is 0 Å². The SMILES string of the molecule is CCCCNC(=O)[C@H](C)N(Cc1ccccc1C)C(=O)CN(c1cc(Cl)ccc1OC)S(=O)(=O)c1ccccc1. The highest BCUT2D eigenvalue weighted by molar-refractivity contribution is 7.92. The van der Waals surface area contributed by atoms with Gasteiger partial charge in [0, 0.05) is 18.1 Å². The molecule has 0 saturated heterocycles. The number of aryl methyl sites for hydroxylation is 1. The Morgan fingerprint density at radius 3 is 2.35 bits per heavy atom. The molecule has 2 amide bonds. The lowest BCUT2D eigenvalue weighted by Gasteiger charge is -2.32. The van der Waals surface area contributed by atoms with Gasteiger partial charge >= 0.3 is 0 Å². The van der Waals surface area contributed by atoms with E-state index in [2.05, 4.69) is 5.32 Å². The zero-order chi connectivity index (χ0) is 29.3. The van der Waals surface area contributed by atoms with Crippen molar-refractivity contribution >= 4 is 39.1 Å². The molecule has 214 valence electrons. The van der Waals surface area contributed by atoms with Crippen LogP contribution in [0, 0.1) is 6.92 Å². The van der Waals surface area contributed by atoms with Gasteiger partial charge in [-0.05, 0) is 61.7 Å². The molecule has 0 saturated carbocycles. The lowest BCUT2D eigenvalue weighted by atomic mass is 10.1. The lowest BCUT2D eigenvalue weighted by molar-refractivity contribution is -0.139. The van der Waals surface area contributed by atoms with Gasteiger partial charge < -0.3 is 15.0 Å². The molecular formula is C30H36ClN3O5S. The van der Waals surface area contributed by atoms with Crippen LogP contribution >= 0.6 is 11.6 Å². The molecule has 0 radical (unpaired) electrons. The summed E-state index contributed by atoms with van der Waals surface area (Å²) in [6, 6.07) is 19.1. The van der Waals surface area contributed by atoms with Crippen molar-refractivity contribution < 1.29 is 22.7 Å². The van der Waals surface area contributed by atoms with Crippen LogP contribution in [-0.4, -0.2) is 51.4 Å². The maximum Gasteiger partial charge on any atom is 0.264 e. The summed E-state index contributed by atoms with van der Waals surface area (Å²) in [5, 5.41) is 3.16. The van der Waals surface area contributed by atoms with E-state index in [1.807, 2.05) is 38.1 Å². The maximum atomic E-state index is 14.0. The smallest absolute Gasteiger partial charge is 0.264 e. The summed E-state index contributed by atoms with van der Waals surface area (Å²) in [5.74, 6) is -0.636. The quantitative estimate of drug-likeness (QED) is 0.279. The molecule has 1 N–H and O–H groups in total. The van der Waals surface area contributed by atoms with Crippen molar-refractivity contribution in [2.75, 3.05) is 24.5 Å². The molecule has 3 aromatic rings. The molecular weight excluding hydrogens is 550 g/mol. The van der Waals surface area contributed by atoms with Crippen molar-refractivity contribution in [3.8, 4) is 5.75 Å². The van der Waals surface area contributed by atoms with Crippen LogP contribution in [0.15, 0.2) is 77.7 Å². The van der Waals surface area contributed by atoms with Gasteiger partial charge in [0.1, 0.15) is 18.3 Å². The third kappa shape index (κ3) is 7.55. The van der Waals surface area contributed by atoms with Crippen LogP contribution in [0.25, 0.3) is 0 Å². The van der Waals surface area contributed by atoms with E-state index >= 15 is 0 Å². The number of nitrogens with one attached hydrogen (secondary N) is 1. The fraction of sp³-hybridized carbons (Fsp3) is 0.333. The van der Waals surface area contributed by atoms with Crippen molar-refractivity contribution in [1.29, 1.82) is 0 Å². The predicted molar refractivity (Wildman–Crippen MR) is 158 cm³/mol. The third-order valence-corrected chi connectivity index (χ3v) is 8.63. The summed E-state index contributed by atoms with van der Waals surface area (Å²) < 4.78 is 34.3. The molecule has 3 aromatic carbocycles. The fourth-order valence-electron chi connectivity index (χ4n) is 4.18. The molecule has 8 nitrogen and oxygen atoms in total. The van der Waals surface area contributed by atoms with Crippen LogP contribution in [0.2, 0.25) is 5.02 Å². The number of sulfonamides is 1. The van der Waals surface area contributed by atoms with E-state index in [9.17, 15) is 18.0 Å². The number of amides is 2. The molecule has 0 unspecified atom stereocenters. The number of unbranched alkanes of at least 4 members (excludes halogenated alkanes) is 1. The van der Waals surface area contributed by atoms with Crippen molar-refractivity contribution in [2.45, 2.75) is 51.1 Å². The van der Waals surface area contributed by atoms with Gasteiger partial charge in [-0.2, -0.15) is 0 Å². The molecule has 0 fully saturated rings. The van der Waals surface area contributed by atoms with Crippen molar-refractivity contribution in [3.63, 3.8) is 0 Å². The molecule has 10 heteroatoms. The standard InChI is InChI=1S/C30H36ClN3O5S/c1-5-6-18-32-30(36)23(3)33(20-24-13-11-10-12-22(24)2)29(35)21-34(27-19-25(31)16-17-28(27)39-4)40(37,38)26-14-8-7-9-15-26/h7-17,19,23H,5-6,18,20-21H2,1-4H3,(H,32,36)/t23-/m0/s1. The van der Waals surface area contributed by atoms with E-state index in [1.54, 1.807) is 37.3 Å². The number of benzene rings is 3. The summed E-state index contributed by atoms with van der Waals surface area (Å²) in [5.41, 5.74) is 1.91. The molecule has 0 heterocycles. The van der Waals surface area contributed by atoms with Gasteiger partial charge in [0.05, 0.1) is 17.7 Å². The Bertz CT molecular complexity index is 1420. The Morgan fingerprint density at radius 2 is 1.70 bits per heavy atom. The molecule has 0 aliphatic carbocycles. The number of ether oxygens (including phenoxy) is 1. The van der Waals surface area contributed by atoms with E-state index < -0.39 is 28.5 Å². The highest BCUT2D eigenvalue weighted by Gasteiger charge is 2.34. The van der Waals surface area contributed by atoms with Gasteiger partial charge in [-0.15, -0.1) is 0 Å². The third-order valence-electron chi connectivity index (χ3n) is 6.62. The van der Waals surface area contributed by atoms with Gasteiger partial charge in [-0.25, -0.2) is 8.42 Å².